The van der Waals surface area contributed by atoms with E-state index in [0.29, 0.717) is 30.4 Å². The molecule has 33 heavy (non-hydrogen) atoms. The first-order valence-electron chi connectivity index (χ1n) is 10.9. The lowest BCUT2D eigenvalue weighted by molar-refractivity contribution is -0.129. The van der Waals surface area contributed by atoms with Gasteiger partial charge in [0.2, 0.25) is 11.8 Å². The van der Waals surface area contributed by atoms with E-state index in [1.54, 1.807) is 25.1 Å². The lowest BCUT2D eigenvalue weighted by Crippen LogP contribution is -2.48. The second kappa shape index (κ2) is 10.5. The summed E-state index contributed by atoms with van der Waals surface area (Å²) in [5.41, 5.74) is 3.82. The van der Waals surface area contributed by atoms with Crippen molar-refractivity contribution in [2.45, 2.75) is 20.1 Å². The largest absolute Gasteiger partial charge is 0.472 e. The first-order valence-corrected chi connectivity index (χ1v) is 10.9. The van der Waals surface area contributed by atoms with Gasteiger partial charge < -0.3 is 19.9 Å². The summed E-state index contributed by atoms with van der Waals surface area (Å²) in [6, 6.07) is 21.4. The highest BCUT2D eigenvalue weighted by atomic mass is 16.5. The van der Waals surface area contributed by atoms with E-state index in [-0.39, 0.29) is 5.91 Å². The van der Waals surface area contributed by atoms with Crippen molar-refractivity contribution in [3.05, 3.63) is 77.4 Å². The molecule has 1 N–H and O–H groups in total. The zero-order chi connectivity index (χ0) is 23.0. The van der Waals surface area contributed by atoms with E-state index < -0.39 is 0 Å². The lowest BCUT2D eigenvalue weighted by atomic mass is 10.1. The van der Waals surface area contributed by atoms with Crippen molar-refractivity contribution in [1.82, 2.24) is 15.1 Å². The van der Waals surface area contributed by atoms with Crippen molar-refractivity contribution in [1.29, 1.82) is 5.26 Å². The van der Waals surface area contributed by atoms with Crippen LogP contribution in [0.1, 0.15) is 23.6 Å². The summed E-state index contributed by atoms with van der Waals surface area (Å²) in [6.45, 7) is 5.82. The number of hydrogen-bond acceptors (Lipinski definition) is 7. The van der Waals surface area contributed by atoms with Gasteiger partial charge in [0.05, 0.1) is 11.6 Å². The van der Waals surface area contributed by atoms with Gasteiger partial charge in [0.15, 0.2) is 0 Å². The van der Waals surface area contributed by atoms with Gasteiger partial charge in [-0.2, -0.15) is 5.26 Å². The van der Waals surface area contributed by atoms with Crippen molar-refractivity contribution < 1.29 is 9.53 Å². The fraction of sp³-hybridized carbons (Fsp3) is 0.280. The Labute approximate surface area is 193 Å². The quantitative estimate of drug-likeness (QED) is 0.600. The average Bonchev–Trinajstić information content (AvgIpc) is 2.87. The molecule has 0 bridgehead atoms. The highest BCUT2D eigenvalue weighted by Gasteiger charge is 2.18. The van der Waals surface area contributed by atoms with E-state index >= 15 is 0 Å². The van der Waals surface area contributed by atoms with E-state index in [1.165, 1.54) is 5.69 Å². The van der Waals surface area contributed by atoms with E-state index in [4.69, 9.17) is 10.00 Å². The number of benzene rings is 2. The average molecular weight is 443 g/mol. The Balaban J connectivity index is 1.24. The van der Waals surface area contributed by atoms with Crippen molar-refractivity contribution in [2.24, 2.45) is 0 Å². The Morgan fingerprint density at radius 2 is 1.82 bits per heavy atom. The number of hydrogen-bond donors (Lipinski definition) is 1. The molecular formula is C25H26N6O2. The molecule has 2 heterocycles. The van der Waals surface area contributed by atoms with Crippen LogP contribution in [0.25, 0.3) is 0 Å². The minimum Gasteiger partial charge on any atom is -0.472 e. The van der Waals surface area contributed by atoms with Crippen LogP contribution in [0.2, 0.25) is 0 Å². The van der Waals surface area contributed by atoms with E-state index in [9.17, 15) is 4.79 Å². The maximum atomic E-state index is 11.5. The molecule has 3 aromatic rings. The van der Waals surface area contributed by atoms with Crippen molar-refractivity contribution in [2.75, 3.05) is 36.4 Å². The fourth-order valence-corrected chi connectivity index (χ4v) is 3.68. The van der Waals surface area contributed by atoms with Crippen LogP contribution in [0, 0.1) is 11.3 Å². The Morgan fingerprint density at radius 1 is 1.03 bits per heavy atom. The zero-order valence-corrected chi connectivity index (χ0v) is 18.6. The van der Waals surface area contributed by atoms with Gasteiger partial charge in [-0.05, 0) is 41.5 Å². The van der Waals surface area contributed by atoms with Crippen LogP contribution < -0.4 is 15.0 Å². The van der Waals surface area contributed by atoms with Crippen molar-refractivity contribution in [3.8, 4) is 11.9 Å². The number of ether oxygens (including phenoxy) is 1. The Kier molecular flexibility index (Phi) is 7.00. The van der Waals surface area contributed by atoms with Gasteiger partial charge in [0, 0.05) is 51.4 Å². The summed E-state index contributed by atoms with van der Waals surface area (Å²) >= 11 is 0. The van der Waals surface area contributed by atoms with Gasteiger partial charge in [-0.3, -0.25) is 4.79 Å². The van der Waals surface area contributed by atoms with Crippen LogP contribution in [0.4, 0.5) is 11.5 Å². The number of carbonyl (C=O) groups is 1. The van der Waals surface area contributed by atoms with E-state index in [1.807, 2.05) is 23.1 Å². The third kappa shape index (κ3) is 5.98. The number of nitriles is 1. The predicted molar refractivity (Wildman–Crippen MR) is 126 cm³/mol. The number of carbonyl (C=O) groups excluding carboxylic acids is 1. The molecule has 4 rings (SSSR count). The summed E-state index contributed by atoms with van der Waals surface area (Å²) in [7, 11) is 0. The molecule has 1 saturated heterocycles. The maximum absolute atomic E-state index is 11.5. The predicted octanol–water partition coefficient (Wildman–Crippen LogP) is 3.21. The molecule has 0 unspecified atom stereocenters. The van der Waals surface area contributed by atoms with Gasteiger partial charge in [-0.1, -0.05) is 24.3 Å². The molecule has 168 valence electrons. The topological polar surface area (TPSA) is 94.4 Å². The van der Waals surface area contributed by atoms with Crippen LogP contribution in [0.5, 0.6) is 5.88 Å². The third-order valence-corrected chi connectivity index (χ3v) is 5.58. The molecule has 1 aliphatic heterocycles. The molecule has 8 heteroatoms. The standard InChI is InChI=1S/C25H26N6O2/c1-19(32)30-11-13-31(14-12-30)23-7-5-20(6-8-23)17-27-24-9-10-25(29-28-24)33-18-22-4-2-3-21(15-22)16-26/h2-10,15H,11-14,17-18H2,1H3,(H,27,28). The molecule has 1 aliphatic rings. The first-order chi connectivity index (χ1) is 16.1. The van der Waals surface area contributed by atoms with E-state index in [0.717, 1.165) is 37.3 Å². The zero-order valence-electron chi connectivity index (χ0n) is 18.6. The summed E-state index contributed by atoms with van der Waals surface area (Å²) in [5.74, 6) is 1.24. The number of amides is 1. The summed E-state index contributed by atoms with van der Waals surface area (Å²) in [5, 5.41) is 20.5. The number of aromatic nitrogens is 2. The Bertz CT molecular complexity index is 1120. The van der Waals surface area contributed by atoms with Gasteiger partial charge >= 0.3 is 0 Å². The van der Waals surface area contributed by atoms with Gasteiger partial charge in [-0.25, -0.2) is 0 Å². The number of rotatable bonds is 7. The summed E-state index contributed by atoms with van der Waals surface area (Å²) in [4.78, 5) is 15.7. The van der Waals surface area contributed by atoms with Crippen LogP contribution in [-0.2, 0) is 17.9 Å². The Hall–Kier alpha value is -4.12. The fourth-order valence-electron chi connectivity index (χ4n) is 3.68. The SMILES string of the molecule is CC(=O)N1CCN(c2ccc(CNc3ccc(OCc4cccc(C#N)c4)nn3)cc2)CC1. The molecule has 1 aromatic heterocycles. The third-order valence-electron chi connectivity index (χ3n) is 5.58. The molecule has 8 nitrogen and oxygen atoms in total. The molecule has 1 amide bonds. The van der Waals surface area contributed by atoms with Crippen LogP contribution >= 0.6 is 0 Å². The first kappa shape index (κ1) is 22.1. The molecule has 1 fully saturated rings. The molecule has 0 atom stereocenters. The summed E-state index contributed by atoms with van der Waals surface area (Å²) in [6.07, 6.45) is 0. The lowest BCUT2D eigenvalue weighted by Gasteiger charge is -2.35. The normalized spacial score (nSPS) is 13.3. The van der Waals surface area contributed by atoms with Crippen molar-refractivity contribution >= 4 is 17.4 Å². The minimum atomic E-state index is 0.143. The highest BCUT2D eigenvalue weighted by molar-refractivity contribution is 5.73. The minimum absolute atomic E-state index is 0.143. The monoisotopic (exact) mass is 442 g/mol. The molecule has 0 radical (unpaired) electrons. The second-order valence-electron chi connectivity index (χ2n) is 7.87. The van der Waals surface area contributed by atoms with E-state index in [2.05, 4.69) is 50.7 Å². The number of nitrogens with one attached hydrogen (secondary N) is 1. The smallest absolute Gasteiger partial charge is 0.233 e. The Morgan fingerprint density at radius 3 is 2.48 bits per heavy atom. The molecule has 0 saturated carbocycles. The van der Waals surface area contributed by atoms with Gasteiger partial charge in [0.25, 0.3) is 0 Å². The molecular weight excluding hydrogens is 416 g/mol. The highest BCUT2D eigenvalue weighted by Crippen LogP contribution is 2.18. The summed E-state index contributed by atoms with van der Waals surface area (Å²) < 4.78 is 5.66. The molecule has 2 aromatic carbocycles. The number of nitrogens with zero attached hydrogens (tertiary/aromatic N) is 5. The van der Waals surface area contributed by atoms with Crippen molar-refractivity contribution in [3.63, 3.8) is 0 Å². The van der Waals surface area contributed by atoms with Crippen LogP contribution in [-0.4, -0.2) is 47.2 Å². The van der Waals surface area contributed by atoms with Crippen LogP contribution in [0.3, 0.4) is 0 Å². The molecule has 0 spiro atoms. The maximum Gasteiger partial charge on any atom is 0.233 e. The second-order valence-corrected chi connectivity index (χ2v) is 7.87. The van der Waals surface area contributed by atoms with Gasteiger partial charge in [-0.15, -0.1) is 10.2 Å². The van der Waals surface area contributed by atoms with Gasteiger partial charge in [0.1, 0.15) is 12.4 Å². The molecule has 0 aliphatic carbocycles. The number of piperazine rings is 1. The van der Waals surface area contributed by atoms with Crippen LogP contribution in [0.15, 0.2) is 60.7 Å². The number of anilines is 2.